The van der Waals surface area contributed by atoms with E-state index in [1.807, 2.05) is 0 Å². The second-order valence-electron chi connectivity index (χ2n) is 7.39. The SMILES string of the molecule is O=[N+]([O-])c1ccccc1COC([SiH3])(OCc1ccccc1[N+](=O)[O-])OCc1ccccc1[N+](=O)[O-]. The van der Waals surface area contributed by atoms with Crippen LogP contribution in [0.2, 0.25) is 0 Å². The molecule has 3 aromatic carbocycles. The molecule has 13 heteroatoms. The van der Waals surface area contributed by atoms with Crippen LogP contribution in [0.1, 0.15) is 16.7 Å². The molecule has 0 unspecified atom stereocenters. The Bertz CT molecular complexity index is 1090. The van der Waals surface area contributed by atoms with Crippen LogP contribution in [-0.4, -0.2) is 30.6 Å². The van der Waals surface area contributed by atoms with Gasteiger partial charge in [-0.25, -0.2) is 0 Å². The van der Waals surface area contributed by atoms with E-state index < -0.39 is 20.4 Å². The molecule has 0 aliphatic rings. The summed E-state index contributed by atoms with van der Waals surface area (Å²) < 4.78 is 17.5. The molecule has 0 radical (unpaired) electrons. The molecule has 0 fully saturated rings. The van der Waals surface area contributed by atoms with Gasteiger partial charge in [0.05, 0.1) is 51.3 Å². The van der Waals surface area contributed by atoms with Crippen LogP contribution in [0, 0.1) is 30.3 Å². The Morgan fingerprint density at radius 3 is 1.09 bits per heavy atom. The summed E-state index contributed by atoms with van der Waals surface area (Å²) in [5, 5.41) is 34.0. The van der Waals surface area contributed by atoms with Crippen molar-refractivity contribution in [1.82, 2.24) is 0 Å². The predicted molar refractivity (Wildman–Crippen MR) is 126 cm³/mol. The van der Waals surface area contributed by atoms with Gasteiger partial charge in [-0.05, 0) is 18.2 Å². The van der Waals surface area contributed by atoms with Gasteiger partial charge in [0.2, 0.25) is 5.60 Å². The molecule has 182 valence electrons. The molecule has 0 amide bonds. The molecular formula is C22H21N3O9Si. The maximum Gasteiger partial charge on any atom is 0.274 e. The van der Waals surface area contributed by atoms with E-state index in [9.17, 15) is 30.3 Å². The van der Waals surface area contributed by atoms with Crippen LogP contribution in [0.3, 0.4) is 0 Å². The molecule has 0 saturated carbocycles. The van der Waals surface area contributed by atoms with Crippen LogP contribution >= 0.6 is 0 Å². The lowest BCUT2D eigenvalue weighted by Crippen LogP contribution is -2.39. The fourth-order valence-corrected chi connectivity index (χ4v) is 3.62. The quantitative estimate of drug-likeness (QED) is 0.158. The van der Waals surface area contributed by atoms with Crippen molar-refractivity contribution in [2.45, 2.75) is 25.4 Å². The largest absolute Gasteiger partial charge is 0.327 e. The van der Waals surface area contributed by atoms with Crippen LogP contribution in [0.25, 0.3) is 0 Å². The van der Waals surface area contributed by atoms with Crippen molar-refractivity contribution >= 4 is 27.3 Å². The average Bonchev–Trinajstić information content (AvgIpc) is 2.85. The van der Waals surface area contributed by atoms with Gasteiger partial charge in [-0.15, -0.1) is 0 Å². The van der Waals surface area contributed by atoms with Gasteiger partial charge in [0.15, 0.2) is 0 Å². The van der Waals surface area contributed by atoms with Crippen molar-refractivity contribution in [2.24, 2.45) is 0 Å². The molecule has 0 atom stereocenters. The number of hydrogen-bond donors (Lipinski definition) is 0. The van der Waals surface area contributed by atoms with Gasteiger partial charge in [0.1, 0.15) is 10.2 Å². The molecule has 3 rings (SSSR count). The second-order valence-corrected chi connectivity index (χ2v) is 8.61. The summed E-state index contributed by atoms with van der Waals surface area (Å²) in [4.78, 5) is 32.4. The summed E-state index contributed by atoms with van der Waals surface area (Å²) in [6.07, 6.45) is 0. The number of rotatable bonds is 12. The molecule has 35 heavy (non-hydrogen) atoms. The second kappa shape index (κ2) is 11.4. The van der Waals surface area contributed by atoms with Crippen molar-refractivity contribution in [1.29, 1.82) is 0 Å². The Hall–Kier alpha value is -4.04. The molecular weight excluding hydrogens is 478 g/mol. The summed E-state index contributed by atoms with van der Waals surface area (Å²) in [5.41, 5.74) is -1.41. The van der Waals surface area contributed by atoms with Gasteiger partial charge >= 0.3 is 0 Å². The minimum absolute atomic E-state index is 0.0571. The van der Waals surface area contributed by atoms with Gasteiger partial charge in [0.25, 0.3) is 17.1 Å². The highest BCUT2D eigenvalue weighted by molar-refractivity contribution is 6.12. The molecule has 0 heterocycles. The lowest BCUT2D eigenvalue weighted by atomic mass is 10.2. The molecule has 12 nitrogen and oxygen atoms in total. The average molecular weight is 500 g/mol. The third-order valence-corrected chi connectivity index (χ3v) is 5.90. The fraction of sp³-hybridized carbons (Fsp3) is 0.182. The van der Waals surface area contributed by atoms with E-state index in [2.05, 4.69) is 0 Å². The summed E-state index contributed by atoms with van der Waals surface area (Å²) in [5.74, 6) is 0. The minimum Gasteiger partial charge on any atom is -0.327 e. The third-order valence-electron chi connectivity index (χ3n) is 5.03. The van der Waals surface area contributed by atoms with E-state index in [0.29, 0.717) is 0 Å². The van der Waals surface area contributed by atoms with Crippen LogP contribution in [0.15, 0.2) is 72.8 Å². The predicted octanol–water partition coefficient (Wildman–Crippen LogP) is 3.34. The third kappa shape index (κ3) is 6.74. The Labute approximate surface area is 201 Å². The zero-order valence-electron chi connectivity index (χ0n) is 18.6. The highest BCUT2D eigenvalue weighted by atomic mass is 28.1. The zero-order chi connectivity index (χ0) is 25.4. The maximum atomic E-state index is 11.3. The van der Waals surface area contributed by atoms with Gasteiger partial charge < -0.3 is 14.2 Å². The lowest BCUT2D eigenvalue weighted by molar-refractivity contribution is -0.389. The summed E-state index contributed by atoms with van der Waals surface area (Å²) in [7, 11) is 0.0571. The number of ether oxygens (including phenoxy) is 3. The lowest BCUT2D eigenvalue weighted by Gasteiger charge is -2.30. The van der Waals surface area contributed by atoms with Crippen molar-refractivity contribution < 1.29 is 29.0 Å². The molecule has 3 aromatic rings. The Morgan fingerprint density at radius 1 is 0.571 bits per heavy atom. The fourth-order valence-electron chi connectivity index (χ4n) is 3.18. The highest BCUT2D eigenvalue weighted by Crippen LogP contribution is 2.27. The Morgan fingerprint density at radius 2 is 0.829 bits per heavy atom. The maximum absolute atomic E-state index is 11.3. The number of benzene rings is 3. The van der Waals surface area contributed by atoms with Crippen LogP contribution in [0.4, 0.5) is 17.1 Å². The van der Waals surface area contributed by atoms with Gasteiger partial charge in [-0.1, -0.05) is 36.4 Å². The molecule has 0 aromatic heterocycles. The van der Waals surface area contributed by atoms with Gasteiger partial charge in [0, 0.05) is 18.2 Å². The van der Waals surface area contributed by atoms with E-state index >= 15 is 0 Å². The van der Waals surface area contributed by atoms with E-state index in [-0.39, 0.29) is 63.8 Å². The van der Waals surface area contributed by atoms with Crippen molar-refractivity contribution in [3.63, 3.8) is 0 Å². The van der Waals surface area contributed by atoms with Gasteiger partial charge in [-0.3, -0.25) is 30.3 Å². The highest BCUT2D eigenvalue weighted by Gasteiger charge is 2.30. The Kier molecular flexibility index (Phi) is 8.33. The monoisotopic (exact) mass is 499 g/mol. The molecule has 0 aliphatic heterocycles. The van der Waals surface area contributed by atoms with Crippen LogP contribution < -0.4 is 0 Å². The van der Waals surface area contributed by atoms with E-state index in [1.165, 1.54) is 54.6 Å². The first-order valence-electron chi connectivity index (χ1n) is 10.3. The Balaban J connectivity index is 1.84. The van der Waals surface area contributed by atoms with Crippen molar-refractivity contribution in [3.8, 4) is 0 Å². The molecule has 0 aliphatic carbocycles. The first kappa shape index (κ1) is 25.6. The van der Waals surface area contributed by atoms with Crippen LogP contribution in [-0.2, 0) is 34.0 Å². The standard InChI is InChI=1S/C22H21N3O9Si/c26-23(27)19-10-4-1-7-16(19)13-32-22(35,33-14-17-8-2-5-11-20(17)24(28)29)34-15-18-9-3-6-12-21(18)25(30)31/h1-12H,13-15H2,35H3. The van der Waals surface area contributed by atoms with Gasteiger partial charge in [-0.2, -0.15) is 0 Å². The first-order valence-corrected chi connectivity index (χ1v) is 11.3. The number of hydrogen-bond acceptors (Lipinski definition) is 9. The van der Waals surface area contributed by atoms with E-state index in [4.69, 9.17) is 14.2 Å². The molecule has 0 spiro atoms. The number of nitro groups is 3. The normalized spacial score (nSPS) is 11.3. The summed E-state index contributed by atoms with van der Waals surface area (Å²) >= 11 is 0. The van der Waals surface area contributed by atoms with E-state index in [1.54, 1.807) is 18.2 Å². The number of nitro benzene ring substituents is 3. The summed E-state index contributed by atoms with van der Waals surface area (Å²) in [6.45, 7) is -0.767. The molecule has 0 N–H and O–H groups in total. The molecule has 0 bridgehead atoms. The zero-order valence-corrected chi connectivity index (χ0v) is 20.6. The van der Waals surface area contributed by atoms with Crippen LogP contribution in [0.5, 0.6) is 0 Å². The van der Waals surface area contributed by atoms with Crippen molar-refractivity contribution in [2.75, 3.05) is 0 Å². The smallest absolute Gasteiger partial charge is 0.274 e. The first-order chi connectivity index (χ1) is 16.7. The van der Waals surface area contributed by atoms with Crippen molar-refractivity contribution in [3.05, 3.63) is 120 Å². The molecule has 0 saturated heterocycles. The topological polar surface area (TPSA) is 157 Å². The minimum atomic E-state index is -1.73. The van der Waals surface area contributed by atoms with E-state index in [0.717, 1.165) is 0 Å². The number of nitrogens with zero attached hydrogens (tertiary/aromatic N) is 3. The summed E-state index contributed by atoms with van der Waals surface area (Å²) in [6, 6.07) is 17.9. The number of para-hydroxylation sites is 3.